The van der Waals surface area contributed by atoms with Crippen molar-refractivity contribution in [3.8, 4) is 5.75 Å². The Kier molecular flexibility index (Phi) is 6.82. The summed E-state index contributed by atoms with van der Waals surface area (Å²) in [5.41, 5.74) is 2.98. The Labute approximate surface area is 179 Å². The Balaban J connectivity index is 1.60. The molecule has 0 aliphatic heterocycles. The zero-order valence-corrected chi connectivity index (χ0v) is 18.3. The van der Waals surface area contributed by atoms with E-state index in [0.717, 1.165) is 16.8 Å². The first-order chi connectivity index (χ1) is 13.8. The second kappa shape index (κ2) is 9.33. The number of amides is 1. The number of carbonyl (C=O) groups is 1. The van der Waals surface area contributed by atoms with Gasteiger partial charge in [-0.15, -0.1) is 10.2 Å². The van der Waals surface area contributed by atoms with Gasteiger partial charge in [-0.1, -0.05) is 47.1 Å². The van der Waals surface area contributed by atoms with Crippen LogP contribution in [0.25, 0.3) is 0 Å². The van der Waals surface area contributed by atoms with Gasteiger partial charge in [0.1, 0.15) is 5.75 Å². The highest BCUT2D eigenvalue weighted by Crippen LogP contribution is 2.30. The van der Waals surface area contributed by atoms with Gasteiger partial charge < -0.3 is 14.6 Å². The molecule has 1 atom stereocenters. The summed E-state index contributed by atoms with van der Waals surface area (Å²) in [6.45, 7) is 5.87. The minimum Gasteiger partial charge on any atom is -0.481 e. The number of nitrogens with zero attached hydrogens (tertiary/aromatic N) is 3. The van der Waals surface area contributed by atoms with Gasteiger partial charge in [-0.25, -0.2) is 0 Å². The topological polar surface area (TPSA) is 69.0 Å². The molecule has 1 amide bonds. The normalized spacial score (nSPS) is 11.9. The summed E-state index contributed by atoms with van der Waals surface area (Å²) in [6, 6.07) is 13.3. The van der Waals surface area contributed by atoms with Gasteiger partial charge in [-0.05, 0) is 50.6 Å². The lowest BCUT2D eigenvalue weighted by molar-refractivity contribution is -0.113. The number of ether oxygens (including phenoxy) is 1. The van der Waals surface area contributed by atoms with E-state index in [9.17, 15) is 4.79 Å². The van der Waals surface area contributed by atoms with Crippen molar-refractivity contribution < 1.29 is 9.53 Å². The third-order valence-electron chi connectivity index (χ3n) is 4.29. The maximum atomic E-state index is 12.2. The lowest BCUT2D eigenvalue weighted by Gasteiger charge is -2.15. The predicted octanol–water partition coefficient (Wildman–Crippen LogP) is 4.96. The Bertz CT molecular complexity index is 1000. The summed E-state index contributed by atoms with van der Waals surface area (Å²) >= 11 is 7.54. The van der Waals surface area contributed by atoms with Crippen molar-refractivity contribution in [1.82, 2.24) is 14.8 Å². The number of anilines is 1. The molecule has 3 rings (SSSR count). The average molecular weight is 431 g/mol. The van der Waals surface area contributed by atoms with Gasteiger partial charge >= 0.3 is 0 Å². The summed E-state index contributed by atoms with van der Waals surface area (Å²) < 4.78 is 7.81. The molecule has 0 saturated heterocycles. The highest BCUT2D eigenvalue weighted by Gasteiger charge is 2.19. The molecule has 0 spiro atoms. The molecule has 0 radical (unpaired) electrons. The molecular weight excluding hydrogens is 408 g/mol. The second-order valence-electron chi connectivity index (χ2n) is 6.80. The fourth-order valence-electron chi connectivity index (χ4n) is 2.71. The van der Waals surface area contributed by atoms with Crippen LogP contribution in [0.4, 0.5) is 5.69 Å². The van der Waals surface area contributed by atoms with Crippen LogP contribution in [0.5, 0.6) is 5.75 Å². The molecule has 1 aromatic heterocycles. The molecule has 29 heavy (non-hydrogen) atoms. The molecule has 3 aromatic rings. The first-order valence-corrected chi connectivity index (χ1v) is 10.5. The number of benzene rings is 2. The fraction of sp³-hybridized carbons (Fsp3) is 0.286. The Morgan fingerprint density at radius 2 is 1.86 bits per heavy atom. The number of hydrogen-bond acceptors (Lipinski definition) is 5. The fourth-order valence-corrected chi connectivity index (χ4v) is 3.59. The maximum absolute atomic E-state index is 12.2. The number of aryl methyl sites for hydroxylation is 2. The Morgan fingerprint density at radius 1 is 1.17 bits per heavy atom. The van der Waals surface area contributed by atoms with Gasteiger partial charge in [-0.3, -0.25) is 4.79 Å². The maximum Gasteiger partial charge on any atom is 0.234 e. The van der Waals surface area contributed by atoms with E-state index in [0.29, 0.717) is 21.8 Å². The molecule has 0 bridgehead atoms. The third kappa shape index (κ3) is 5.52. The van der Waals surface area contributed by atoms with Gasteiger partial charge in [0.05, 0.1) is 10.8 Å². The van der Waals surface area contributed by atoms with E-state index in [4.69, 9.17) is 16.3 Å². The number of nitrogens with one attached hydrogen (secondary N) is 1. The number of rotatable bonds is 7. The summed E-state index contributed by atoms with van der Waals surface area (Å²) in [4.78, 5) is 12.2. The van der Waals surface area contributed by atoms with E-state index < -0.39 is 0 Å². The summed E-state index contributed by atoms with van der Waals surface area (Å²) in [5.74, 6) is 1.40. The summed E-state index contributed by atoms with van der Waals surface area (Å²) in [5, 5.41) is 12.5. The first kappa shape index (κ1) is 21.2. The van der Waals surface area contributed by atoms with Gasteiger partial charge in [0.15, 0.2) is 17.1 Å². The summed E-state index contributed by atoms with van der Waals surface area (Å²) in [7, 11) is 1.85. The Morgan fingerprint density at radius 3 is 2.59 bits per heavy atom. The van der Waals surface area contributed by atoms with E-state index in [1.165, 1.54) is 11.8 Å². The average Bonchev–Trinajstić information content (AvgIpc) is 3.05. The molecule has 2 aromatic carbocycles. The largest absolute Gasteiger partial charge is 0.481 e. The number of thioether (sulfide) groups is 1. The highest BCUT2D eigenvalue weighted by atomic mass is 35.5. The predicted molar refractivity (Wildman–Crippen MR) is 117 cm³/mol. The molecule has 1 unspecified atom stereocenters. The van der Waals surface area contributed by atoms with Gasteiger partial charge in [-0.2, -0.15) is 0 Å². The third-order valence-corrected chi connectivity index (χ3v) is 5.62. The molecule has 0 aliphatic carbocycles. The molecule has 1 N–H and O–H groups in total. The van der Waals surface area contributed by atoms with Crippen molar-refractivity contribution in [2.75, 3.05) is 11.1 Å². The smallest absolute Gasteiger partial charge is 0.234 e. The minimum atomic E-state index is -0.345. The molecule has 0 fully saturated rings. The second-order valence-corrected chi connectivity index (χ2v) is 8.15. The molecule has 0 saturated carbocycles. The molecule has 6 nitrogen and oxygen atoms in total. The van der Waals surface area contributed by atoms with Crippen molar-refractivity contribution in [2.45, 2.75) is 32.0 Å². The zero-order chi connectivity index (χ0) is 21.0. The van der Waals surface area contributed by atoms with Gasteiger partial charge in [0.25, 0.3) is 0 Å². The highest BCUT2D eigenvalue weighted by molar-refractivity contribution is 7.99. The number of halogens is 1. The monoisotopic (exact) mass is 430 g/mol. The molecular formula is C21H23ClN4O2S. The van der Waals surface area contributed by atoms with Crippen LogP contribution in [-0.2, 0) is 11.8 Å². The zero-order valence-electron chi connectivity index (χ0n) is 16.8. The standard InChI is InChI=1S/C21H23ClN4O2S/c1-13-5-8-16(9-6-13)23-19(27)12-29-21-25-24-20(26(21)4)15(3)28-18-11-14(2)7-10-17(18)22/h5-11,15H,12H2,1-4H3,(H,23,27). The van der Waals surface area contributed by atoms with Crippen LogP contribution in [0.2, 0.25) is 5.02 Å². The van der Waals surface area contributed by atoms with E-state index in [1.54, 1.807) is 0 Å². The lowest BCUT2D eigenvalue weighted by atomic mass is 10.2. The van der Waals surface area contributed by atoms with Crippen LogP contribution in [0.1, 0.15) is 30.0 Å². The van der Waals surface area contributed by atoms with E-state index in [2.05, 4.69) is 15.5 Å². The van der Waals surface area contributed by atoms with Crippen LogP contribution >= 0.6 is 23.4 Å². The van der Waals surface area contributed by atoms with E-state index in [-0.39, 0.29) is 17.8 Å². The SMILES string of the molecule is Cc1ccc(NC(=O)CSc2nnc(C(C)Oc3cc(C)ccc3Cl)n2C)cc1. The van der Waals surface area contributed by atoms with Gasteiger partial charge in [0.2, 0.25) is 5.91 Å². The van der Waals surface area contributed by atoms with E-state index >= 15 is 0 Å². The van der Waals surface area contributed by atoms with Crippen LogP contribution < -0.4 is 10.1 Å². The summed E-state index contributed by atoms with van der Waals surface area (Å²) in [6.07, 6.45) is -0.345. The molecule has 0 aliphatic rings. The Hall–Kier alpha value is -2.51. The van der Waals surface area contributed by atoms with Crippen molar-refractivity contribution in [3.05, 3.63) is 64.4 Å². The van der Waals surface area contributed by atoms with Crippen LogP contribution in [0.3, 0.4) is 0 Å². The van der Waals surface area contributed by atoms with Crippen molar-refractivity contribution in [3.63, 3.8) is 0 Å². The number of hydrogen-bond donors (Lipinski definition) is 1. The van der Waals surface area contributed by atoms with Crippen molar-refractivity contribution >= 4 is 35.0 Å². The van der Waals surface area contributed by atoms with Crippen molar-refractivity contribution in [2.24, 2.45) is 7.05 Å². The lowest BCUT2D eigenvalue weighted by Crippen LogP contribution is -2.15. The quantitative estimate of drug-likeness (QED) is 0.536. The molecule has 152 valence electrons. The number of aromatic nitrogens is 3. The van der Waals surface area contributed by atoms with Crippen LogP contribution in [-0.4, -0.2) is 26.4 Å². The van der Waals surface area contributed by atoms with Crippen molar-refractivity contribution in [1.29, 1.82) is 0 Å². The van der Waals surface area contributed by atoms with E-state index in [1.807, 2.05) is 74.9 Å². The first-order valence-electron chi connectivity index (χ1n) is 9.15. The molecule has 8 heteroatoms. The molecule has 1 heterocycles. The van der Waals surface area contributed by atoms with Gasteiger partial charge in [0, 0.05) is 12.7 Å². The van der Waals surface area contributed by atoms with Crippen LogP contribution in [0.15, 0.2) is 47.6 Å². The minimum absolute atomic E-state index is 0.0979. The van der Waals surface area contributed by atoms with Crippen LogP contribution in [0, 0.1) is 13.8 Å². The number of carbonyl (C=O) groups excluding carboxylic acids is 1.